The third-order valence-electron chi connectivity index (χ3n) is 2.16. The van der Waals surface area contributed by atoms with Gasteiger partial charge < -0.3 is 0 Å². The monoisotopic (exact) mass is 318 g/mol. The summed E-state index contributed by atoms with van der Waals surface area (Å²) in [6.45, 7) is 2.02. The van der Waals surface area contributed by atoms with Gasteiger partial charge in [0.15, 0.2) is 0 Å². The van der Waals surface area contributed by atoms with E-state index in [1.54, 1.807) is 12.1 Å². The Morgan fingerprint density at radius 3 is 1.95 bits per heavy atom. The maximum absolute atomic E-state index is 5.66. The first-order chi connectivity index (χ1) is 9.65. The summed E-state index contributed by atoms with van der Waals surface area (Å²) in [6, 6.07) is 14.9. The Bertz CT molecular complexity index is 614. The molecule has 0 N–H and O–H groups in total. The van der Waals surface area contributed by atoms with Crippen LogP contribution in [0.4, 0.5) is 11.4 Å². The lowest BCUT2D eigenvalue weighted by molar-refractivity contribution is 1.44. The van der Waals surface area contributed by atoms with Gasteiger partial charge in [-0.2, -0.15) is 9.98 Å². The van der Waals surface area contributed by atoms with Gasteiger partial charge >= 0.3 is 0 Å². The molecule has 0 aliphatic carbocycles. The molecule has 2 nitrogen and oxygen atoms in total. The van der Waals surface area contributed by atoms with Gasteiger partial charge in [0.25, 0.3) is 0 Å². The molecule has 20 heavy (non-hydrogen) atoms. The molecule has 2 aromatic rings. The highest BCUT2D eigenvalue weighted by Gasteiger charge is 1.87. The minimum Gasteiger partial charge on any atom is -0.195 e. The highest BCUT2D eigenvalue weighted by atomic mass is 35.5. The molecule has 2 rings (SSSR count). The third kappa shape index (κ3) is 6.48. The molecule has 5 heteroatoms. The third-order valence-corrected chi connectivity index (χ3v) is 2.58. The van der Waals surface area contributed by atoms with Crippen LogP contribution in [0.1, 0.15) is 5.56 Å². The van der Waals surface area contributed by atoms with Crippen molar-refractivity contribution in [3.63, 3.8) is 0 Å². The number of aryl methyl sites for hydroxylation is 1. The molecule has 0 aliphatic rings. The average molecular weight is 319 g/mol. The first-order valence-corrected chi connectivity index (χ1v) is 6.83. The molecule has 0 saturated carbocycles. The summed E-state index contributed by atoms with van der Waals surface area (Å²) in [7, 11) is 0. The highest BCUT2D eigenvalue weighted by Crippen LogP contribution is 2.16. The molecule has 0 aromatic heterocycles. The van der Waals surface area contributed by atoms with Gasteiger partial charge in [-0.3, -0.25) is 0 Å². The number of isothiocyanates is 2. The van der Waals surface area contributed by atoms with Gasteiger partial charge in [0.05, 0.1) is 21.7 Å². The standard InChI is InChI=1S/C8H7NS.C7H4ClNS/c1-7-3-2-4-8(5-7)9-6-10;8-6-2-1-3-7(4-6)9-5-10/h2-5H,1H3;1-4H. The van der Waals surface area contributed by atoms with E-state index < -0.39 is 0 Å². The summed E-state index contributed by atoms with van der Waals surface area (Å²) in [5, 5.41) is 5.24. The van der Waals surface area contributed by atoms with E-state index >= 15 is 0 Å². The molecular formula is C15H11ClN2S2. The Labute approximate surface area is 133 Å². The number of nitrogens with zero attached hydrogens (tertiary/aromatic N) is 2. The van der Waals surface area contributed by atoms with Crippen molar-refractivity contribution in [3.05, 3.63) is 59.1 Å². The van der Waals surface area contributed by atoms with Crippen molar-refractivity contribution in [3.8, 4) is 0 Å². The first-order valence-electron chi connectivity index (χ1n) is 5.63. The van der Waals surface area contributed by atoms with Crippen molar-refractivity contribution >= 4 is 57.7 Å². The van der Waals surface area contributed by atoms with E-state index in [1.807, 2.05) is 43.3 Å². The van der Waals surface area contributed by atoms with E-state index in [9.17, 15) is 0 Å². The Hall–Kier alpha value is -1.67. The van der Waals surface area contributed by atoms with Crippen LogP contribution in [0.5, 0.6) is 0 Å². The van der Waals surface area contributed by atoms with Crippen molar-refractivity contribution < 1.29 is 0 Å². The molecule has 0 heterocycles. The lowest BCUT2D eigenvalue weighted by atomic mass is 10.2. The van der Waals surface area contributed by atoms with Crippen LogP contribution in [-0.2, 0) is 0 Å². The van der Waals surface area contributed by atoms with Crippen molar-refractivity contribution in [1.82, 2.24) is 0 Å². The molecule has 0 amide bonds. The number of rotatable bonds is 2. The Morgan fingerprint density at radius 2 is 1.45 bits per heavy atom. The van der Waals surface area contributed by atoms with E-state index in [1.165, 1.54) is 5.56 Å². The second kappa shape index (κ2) is 9.27. The number of hydrogen-bond donors (Lipinski definition) is 0. The van der Waals surface area contributed by atoms with Crippen LogP contribution in [0.25, 0.3) is 0 Å². The number of thiocarbonyl (C=S) groups is 2. The van der Waals surface area contributed by atoms with E-state index in [-0.39, 0.29) is 0 Å². The molecule has 0 spiro atoms. The SMILES string of the molecule is Cc1cccc(N=C=S)c1.S=C=Nc1cccc(Cl)c1. The Kier molecular flexibility index (Phi) is 7.59. The fraction of sp³-hybridized carbons (Fsp3) is 0.0667. The van der Waals surface area contributed by atoms with Crippen molar-refractivity contribution in [2.24, 2.45) is 9.98 Å². The van der Waals surface area contributed by atoms with Gasteiger partial charge in [0.2, 0.25) is 0 Å². The van der Waals surface area contributed by atoms with Crippen LogP contribution < -0.4 is 0 Å². The number of halogens is 1. The molecule has 0 aliphatic heterocycles. The van der Waals surface area contributed by atoms with Crippen LogP contribution >= 0.6 is 36.0 Å². The normalized spacial score (nSPS) is 8.50. The largest absolute Gasteiger partial charge is 0.195 e. The van der Waals surface area contributed by atoms with Crippen LogP contribution in [0, 0.1) is 6.92 Å². The zero-order valence-electron chi connectivity index (χ0n) is 10.7. The van der Waals surface area contributed by atoms with Crippen molar-refractivity contribution in [2.75, 3.05) is 0 Å². The van der Waals surface area contributed by atoms with Crippen LogP contribution in [0.3, 0.4) is 0 Å². The zero-order valence-corrected chi connectivity index (χ0v) is 13.1. The molecule has 2 aromatic carbocycles. The quantitative estimate of drug-likeness (QED) is 0.516. The maximum Gasteiger partial charge on any atom is 0.0754 e. The predicted molar refractivity (Wildman–Crippen MR) is 92.0 cm³/mol. The number of benzene rings is 2. The molecule has 0 unspecified atom stereocenters. The second-order valence-electron chi connectivity index (χ2n) is 3.73. The Morgan fingerprint density at radius 1 is 0.900 bits per heavy atom. The maximum atomic E-state index is 5.66. The fourth-order valence-electron chi connectivity index (χ4n) is 1.35. The van der Waals surface area contributed by atoms with Crippen LogP contribution in [0.15, 0.2) is 58.5 Å². The van der Waals surface area contributed by atoms with Crippen molar-refractivity contribution in [2.45, 2.75) is 6.92 Å². The molecular weight excluding hydrogens is 308 g/mol. The second-order valence-corrected chi connectivity index (χ2v) is 4.53. The average Bonchev–Trinajstić information content (AvgIpc) is 2.40. The van der Waals surface area contributed by atoms with Crippen molar-refractivity contribution in [1.29, 1.82) is 0 Å². The zero-order chi connectivity index (χ0) is 14.8. The predicted octanol–water partition coefficient (Wildman–Crippen LogP) is 5.80. The van der Waals surface area contributed by atoms with Crippen LogP contribution in [-0.4, -0.2) is 10.3 Å². The highest BCUT2D eigenvalue weighted by molar-refractivity contribution is 7.78. The smallest absolute Gasteiger partial charge is 0.0754 e. The number of hydrogen-bond acceptors (Lipinski definition) is 4. The molecule has 0 atom stereocenters. The van der Waals surface area contributed by atoms with Gasteiger partial charge in [-0.25, -0.2) is 0 Å². The fourth-order valence-corrected chi connectivity index (χ4v) is 1.74. The van der Waals surface area contributed by atoms with Crippen LogP contribution in [0.2, 0.25) is 5.02 Å². The molecule has 100 valence electrons. The van der Waals surface area contributed by atoms with Gasteiger partial charge in [0.1, 0.15) is 0 Å². The summed E-state index contributed by atoms with van der Waals surface area (Å²) >= 11 is 14.5. The lowest BCUT2D eigenvalue weighted by Crippen LogP contribution is -1.67. The summed E-state index contributed by atoms with van der Waals surface area (Å²) in [6.07, 6.45) is 0. The summed E-state index contributed by atoms with van der Waals surface area (Å²) in [5.41, 5.74) is 2.80. The summed E-state index contributed by atoms with van der Waals surface area (Å²) < 4.78 is 0. The molecule has 0 saturated heterocycles. The molecule has 0 bridgehead atoms. The minimum absolute atomic E-state index is 0.659. The topological polar surface area (TPSA) is 24.7 Å². The lowest BCUT2D eigenvalue weighted by Gasteiger charge is -1.90. The first kappa shape index (κ1) is 16.4. The van der Waals surface area contributed by atoms with E-state index in [0.717, 1.165) is 11.4 Å². The molecule has 0 radical (unpaired) electrons. The Balaban J connectivity index is 0.000000200. The van der Waals surface area contributed by atoms with E-state index in [4.69, 9.17) is 11.6 Å². The van der Waals surface area contributed by atoms with Gasteiger partial charge in [-0.05, 0) is 67.3 Å². The van der Waals surface area contributed by atoms with E-state index in [0.29, 0.717) is 5.02 Å². The summed E-state index contributed by atoms with van der Waals surface area (Å²) in [5.74, 6) is 0. The molecule has 0 fully saturated rings. The van der Waals surface area contributed by atoms with E-state index in [2.05, 4.69) is 44.7 Å². The van der Waals surface area contributed by atoms with Gasteiger partial charge in [0, 0.05) is 5.02 Å². The number of aliphatic imine (C=N–C) groups is 2. The van der Waals surface area contributed by atoms with Gasteiger partial charge in [-0.15, -0.1) is 0 Å². The van der Waals surface area contributed by atoms with Gasteiger partial charge in [-0.1, -0.05) is 29.8 Å². The summed E-state index contributed by atoms with van der Waals surface area (Å²) in [4.78, 5) is 7.58. The minimum atomic E-state index is 0.659.